The standard InChI is InChI=1S/C11H19N5/c1-9-8-16(6-5-15(9)2)11-13-4-3-10(7-12)14-11/h3-4,9H,5-8,12H2,1-2H3. The Balaban J connectivity index is 2.12. The summed E-state index contributed by atoms with van der Waals surface area (Å²) in [6.07, 6.45) is 1.79. The maximum absolute atomic E-state index is 5.58. The molecule has 0 aromatic carbocycles. The second-order valence-corrected chi connectivity index (χ2v) is 4.33. The zero-order valence-electron chi connectivity index (χ0n) is 9.93. The summed E-state index contributed by atoms with van der Waals surface area (Å²) < 4.78 is 0. The SMILES string of the molecule is CC1CN(c2nccc(CN)n2)CCN1C. The smallest absolute Gasteiger partial charge is 0.225 e. The van der Waals surface area contributed by atoms with Crippen LogP contribution in [0.4, 0.5) is 5.95 Å². The largest absolute Gasteiger partial charge is 0.338 e. The fraction of sp³-hybridized carbons (Fsp3) is 0.636. The predicted octanol–water partition coefficient (Wildman–Crippen LogP) is 0.0756. The Kier molecular flexibility index (Phi) is 3.36. The fourth-order valence-electron chi connectivity index (χ4n) is 1.88. The van der Waals surface area contributed by atoms with Gasteiger partial charge in [0.25, 0.3) is 0 Å². The van der Waals surface area contributed by atoms with Crippen LogP contribution in [0.25, 0.3) is 0 Å². The van der Waals surface area contributed by atoms with Crippen molar-refractivity contribution in [2.45, 2.75) is 19.5 Å². The molecule has 2 N–H and O–H groups in total. The number of hydrogen-bond donors (Lipinski definition) is 1. The second-order valence-electron chi connectivity index (χ2n) is 4.33. The minimum Gasteiger partial charge on any atom is -0.338 e. The lowest BCUT2D eigenvalue weighted by molar-refractivity contribution is 0.232. The van der Waals surface area contributed by atoms with E-state index in [1.54, 1.807) is 6.20 Å². The lowest BCUT2D eigenvalue weighted by Gasteiger charge is -2.37. The second kappa shape index (κ2) is 4.76. The zero-order chi connectivity index (χ0) is 11.5. The molecule has 0 saturated carbocycles. The molecule has 2 heterocycles. The molecule has 2 rings (SSSR count). The molecule has 0 aliphatic carbocycles. The van der Waals surface area contributed by atoms with E-state index in [1.165, 1.54) is 0 Å². The minimum absolute atomic E-state index is 0.471. The summed E-state index contributed by atoms with van der Waals surface area (Å²) in [5, 5.41) is 0. The van der Waals surface area contributed by atoms with E-state index in [1.807, 2.05) is 6.07 Å². The molecular formula is C11H19N5. The topological polar surface area (TPSA) is 58.3 Å². The lowest BCUT2D eigenvalue weighted by Crippen LogP contribution is -2.50. The van der Waals surface area contributed by atoms with E-state index in [9.17, 15) is 0 Å². The molecule has 88 valence electrons. The Labute approximate surface area is 96.3 Å². The average Bonchev–Trinajstić information content (AvgIpc) is 2.33. The van der Waals surface area contributed by atoms with Gasteiger partial charge in [-0.15, -0.1) is 0 Å². The third-order valence-corrected chi connectivity index (χ3v) is 3.15. The lowest BCUT2D eigenvalue weighted by atomic mass is 10.2. The van der Waals surface area contributed by atoms with Crippen molar-refractivity contribution in [3.05, 3.63) is 18.0 Å². The molecule has 0 radical (unpaired) electrons. The third kappa shape index (κ3) is 2.31. The van der Waals surface area contributed by atoms with E-state index < -0.39 is 0 Å². The molecule has 1 aromatic rings. The van der Waals surface area contributed by atoms with Gasteiger partial charge in [-0.25, -0.2) is 9.97 Å². The Morgan fingerprint density at radius 2 is 2.31 bits per heavy atom. The summed E-state index contributed by atoms with van der Waals surface area (Å²) in [6, 6.07) is 2.40. The summed E-state index contributed by atoms with van der Waals surface area (Å²) in [7, 11) is 2.15. The van der Waals surface area contributed by atoms with Crippen molar-refractivity contribution in [3.8, 4) is 0 Å². The molecule has 0 spiro atoms. The van der Waals surface area contributed by atoms with Crippen LogP contribution in [-0.4, -0.2) is 47.6 Å². The summed E-state index contributed by atoms with van der Waals surface area (Å²) in [4.78, 5) is 13.3. The molecular weight excluding hydrogens is 202 g/mol. The van der Waals surface area contributed by atoms with Gasteiger partial charge in [-0.05, 0) is 20.0 Å². The van der Waals surface area contributed by atoms with Crippen molar-refractivity contribution in [1.82, 2.24) is 14.9 Å². The van der Waals surface area contributed by atoms with Gasteiger partial charge in [0.2, 0.25) is 5.95 Å². The van der Waals surface area contributed by atoms with Crippen molar-refractivity contribution in [2.75, 3.05) is 31.6 Å². The van der Waals surface area contributed by atoms with E-state index >= 15 is 0 Å². The highest BCUT2D eigenvalue weighted by molar-refractivity contribution is 5.31. The van der Waals surface area contributed by atoms with Crippen LogP contribution < -0.4 is 10.6 Å². The number of aromatic nitrogens is 2. The number of piperazine rings is 1. The van der Waals surface area contributed by atoms with Gasteiger partial charge in [0.1, 0.15) is 0 Å². The highest BCUT2D eigenvalue weighted by Crippen LogP contribution is 2.13. The van der Waals surface area contributed by atoms with Crippen molar-refractivity contribution in [2.24, 2.45) is 5.73 Å². The first kappa shape index (κ1) is 11.3. The van der Waals surface area contributed by atoms with Crippen LogP contribution in [-0.2, 0) is 6.54 Å². The Morgan fingerprint density at radius 3 is 3.00 bits per heavy atom. The quantitative estimate of drug-likeness (QED) is 0.766. The molecule has 1 saturated heterocycles. The van der Waals surface area contributed by atoms with E-state index in [0.29, 0.717) is 12.6 Å². The molecule has 1 atom stereocenters. The summed E-state index contributed by atoms with van der Waals surface area (Å²) >= 11 is 0. The molecule has 0 amide bonds. The van der Waals surface area contributed by atoms with Gasteiger partial charge in [-0.3, -0.25) is 0 Å². The van der Waals surface area contributed by atoms with Gasteiger partial charge in [0.15, 0.2) is 0 Å². The molecule has 16 heavy (non-hydrogen) atoms. The summed E-state index contributed by atoms with van der Waals surface area (Å²) in [5.74, 6) is 0.808. The normalized spacial score (nSPS) is 22.4. The van der Waals surface area contributed by atoms with Gasteiger partial charge < -0.3 is 15.5 Å². The highest BCUT2D eigenvalue weighted by atomic mass is 15.3. The van der Waals surface area contributed by atoms with Gasteiger partial charge in [0, 0.05) is 38.4 Å². The fourth-order valence-corrected chi connectivity index (χ4v) is 1.88. The number of likely N-dealkylation sites (N-methyl/N-ethyl adjacent to an activating group) is 1. The minimum atomic E-state index is 0.471. The maximum Gasteiger partial charge on any atom is 0.225 e. The van der Waals surface area contributed by atoms with E-state index in [-0.39, 0.29) is 0 Å². The van der Waals surface area contributed by atoms with Gasteiger partial charge in [-0.2, -0.15) is 0 Å². The van der Waals surface area contributed by atoms with Gasteiger partial charge in [-0.1, -0.05) is 0 Å². The predicted molar refractivity (Wildman–Crippen MR) is 64.2 cm³/mol. The monoisotopic (exact) mass is 221 g/mol. The molecule has 0 bridgehead atoms. The number of rotatable bonds is 2. The van der Waals surface area contributed by atoms with E-state index in [4.69, 9.17) is 5.73 Å². The van der Waals surface area contributed by atoms with Gasteiger partial charge >= 0.3 is 0 Å². The van der Waals surface area contributed by atoms with Crippen molar-refractivity contribution in [3.63, 3.8) is 0 Å². The first-order valence-corrected chi connectivity index (χ1v) is 5.68. The van der Waals surface area contributed by atoms with Crippen molar-refractivity contribution in [1.29, 1.82) is 0 Å². The van der Waals surface area contributed by atoms with Crippen LogP contribution in [0.1, 0.15) is 12.6 Å². The van der Waals surface area contributed by atoms with Crippen molar-refractivity contribution < 1.29 is 0 Å². The third-order valence-electron chi connectivity index (χ3n) is 3.15. The Hall–Kier alpha value is -1.20. The average molecular weight is 221 g/mol. The first-order valence-electron chi connectivity index (χ1n) is 5.68. The molecule has 1 unspecified atom stereocenters. The van der Waals surface area contributed by atoms with Crippen LogP contribution in [0.3, 0.4) is 0 Å². The van der Waals surface area contributed by atoms with Crippen LogP contribution in [0.5, 0.6) is 0 Å². The Morgan fingerprint density at radius 1 is 1.50 bits per heavy atom. The number of nitrogens with zero attached hydrogens (tertiary/aromatic N) is 4. The van der Waals surface area contributed by atoms with Crippen LogP contribution in [0, 0.1) is 0 Å². The molecule has 5 heteroatoms. The van der Waals surface area contributed by atoms with Crippen LogP contribution >= 0.6 is 0 Å². The van der Waals surface area contributed by atoms with E-state index in [2.05, 4.69) is 33.7 Å². The first-order chi connectivity index (χ1) is 7.70. The number of hydrogen-bond acceptors (Lipinski definition) is 5. The summed E-state index contributed by atoms with van der Waals surface area (Å²) in [5.41, 5.74) is 6.48. The van der Waals surface area contributed by atoms with E-state index in [0.717, 1.165) is 31.3 Å². The molecule has 1 aliphatic rings. The molecule has 1 fully saturated rings. The highest BCUT2D eigenvalue weighted by Gasteiger charge is 2.22. The maximum atomic E-state index is 5.58. The number of anilines is 1. The molecule has 5 nitrogen and oxygen atoms in total. The zero-order valence-corrected chi connectivity index (χ0v) is 9.93. The number of nitrogens with two attached hydrogens (primary N) is 1. The van der Waals surface area contributed by atoms with Crippen LogP contribution in [0.15, 0.2) is 12.3 Å². The van der Waals surface area contributed by atoms with Gasteiger partial charge in [0.05, 0.1) is 5.69 Å². The van der Waals surface area contributed by atoms with Crippen molar-refractivity contribution >= 4 is 5.95 Å². The summed E-state index contributed by atoms with van der Waals surface area (Å²) in [6.45, 7) is 5.70. The van der Waals surface area contributed by atoms with Crippen LogP contribution in [0.2, 0.25) is 0 Å². The molecule has 1 aromatic heterocycles. The molecule has 1 aliphatic heterocycles. The Bertz CT molecular complexity index is 354.